The van der Waals surface area contributed by atoms with Crippen LogP contribution in [0.3, 0.4) is 0 Å². The van der Waals surface area contributed by atoms with Gasteiger partial charge < -0.3 is 9.84 Å². The van der Waals surface area contributed by atoms with Crippen LogP contribution < -0.4 is 0 Å². The molecule has 0 aliphatic rings. The number of aliphatic carboxylic acids is 1. The van der Waals surface area contributed by atoms with Gasteiger partial charge in [0.2, 0.25) is 0 Å². The molecule has 4 nitrogen and oxygen atoms in total. The highest BCUT2D eigenvalue weighted by molar-refractivity contribution is 5.69. The van der Waals surface area contributed by atoms with E-state index in [2.05, 4.69) is 6.92 Å². The number of carbonyl (C=O) groups is 2. The molecule has 0 aromatic heterocycles. The summed E-state index contributed by atoms with van der Waals surface area (Å²) in [4.78, 5) is 21.8. The molecule has 0 aromatic carbocycles. The van der Waals surface area contributed by atoms with Crippen LogP contribution in [0, 0.1) is 0 Å². The summed E-state index contributed by atoms with van der Waals surface area (Å²) in [6.07, 6.45) is 12.5. The topological polar surface area (TPSA) is 63.6 Å². The lowest BCUT2D eigenvalue weighted by Gasteiger charge is -2.05. The summed E-state index contributed by atoms with van der Waals surface area (Å²) in [5.74, 6) is -0.774. The van der Waals surface area contributed by atoms with Crippen molar-refractivity contribution >= 4 is 11.9 Å². The van der Waals surface area contributed by atoms with Crippen LogP contribution in [0.2, 0.25) is 0 Å². The van der Waals surface area contributed by atoms with Gasteiger partial charge in [0.15, 0.2) is 0 Å². The molecule has 4 heteroatoms. The van der Waals surface area contributed by atoms with Gasteiger partial charge in [-0.25, -0.2) is 0 Å². The monoisotopic (exact) mass is 300 g/mol. The number of rotatable bonds is 15. The van der Waals surface area contributed by atoms with Crippen LogP contribution in [-0.4, -0.2) is 23.7 Å². The first-order valence-corrected chi connectivity index (χ1v) is 8.54. The number of carboxylic acid groups (broad SMARTS) is 1. The van der Waals surface area contributed by atoms with Crippen molar-refractivity contribution < 1.29 is 19.4 Å². The summed E-state index contributed by atoms with van der Waals surface area (Å²) in [6, 6.07) is 0. The predicted octanol–water partition coefficient (Wildman–Crippen LogP) is 4.71. The SMILES string of the molecule is CCCCCCCC(=O)OCCCCCCCCC(=O)O. The minimum atomic E-state index is -0.711. The average molecular weight is 300 g/mol. The number of hydrogen-bond donors (Lipinski definition) is 1. The molecule has 0 saturated carbocycles. The van der Waals surface area contributed by atoms with Gasteiger partial charge in [-0.3, -0.25) is 9.59 Å². The van der Waals surface area contributed by atoms with Gasteiger partial charge in [-0.1, -0.05) is 58.3 Å². The summed E-state index contributed by atoms with van der Waals surface area (Å²) >= 11 is 0. The quantitative estimate of drug-likeness (QED) is 0.351. The summed E-state index contributed by atoms with van der Waals surface area (Å²) < 4.78 is 5.19. The van der Waals surface area contributed by atoms with Gasteiger partial charge in [-0.2, -0.15) is 0 Å². The number of carbonyl (C=O) groups excluding carboxylic acids is 1. The van der Waals surface area contributed by atoms with Crippen LogP contribution in [0.5, 0.6) is 0 Å². The van der Waals surface area contributed by atoms with Crippen molar-refractivity contribution in [1.82, 2.24) is 0 Å². The van der Waals surface area contributed by atoms with E-state index in [0.29, 0.717) is 13.0 Å². The Morgan fingerprint density at radius 2 is 1.29 bits per heavy atom. The summed E-state index contributed by atoms with van der Waals surface area (Å²) in [5.41, 5.74) is 0. The Morgan fingerprint density at radius 1 is 0.762 bits per heavy atom. The number of ether oxygens (including phenoxy) is 1. The Labute approximate surface area is 129 Å². The van der Waals surface area contributed by atoms with E-state index in [1.807, 2.05) is 0 Å². The molecule has 124 valence electrons. The van der Waals surface area contributed by atoms with Gasteiger partial charge in [0, 0.05) is 12.8 Å². The number of carboxylic acids is 1. The summed E-state index contributed by atoms with van der Waals surface area (Å²) in [5, 5.41) is 8.49. The van der Waals surface area contributed by atoms with Gasteiger partial charge >= 0.3 is 11.9 Å². The van der Waals surface area contributed by atoms with Crippen LogP contribution in [0.4, 0.5) is 0 Å². The van der Waals surface area contributed by atoms with Gasteiger partial charge in [0.1, 0.15) is 0 Å². The predicted molar refractivity (Wildman–Crippen MR) is 84.3 cm³/mol. The fraction of sp³-hybridized carbons (Fsp3) is 0.882. The molecule has 21 heavy (non-hydrogen) atoms. The molecular weight excluding hydrogens is 268 g/mol. The molecule has 0 saturated heterocycles. The molecule has 0 bridgehead atoms. The molecule has 0 rings (SSSR count). The molecule has 0 fully saturated rings. The van der Waals surface area contributed by atoms with Crippen LogP contribution >= 0.6 is 0 Å². The van der Waals surface area contributed by atoms with Gasteiger partial charge in [-0.15, -0.1) is 0 Å². The highest BCUT2D eigenvalue weighted by atomic mass is 16.5. The van der Waals surface area contributed by atoms with E-state index in [1.54, 1.807) is 0 Å². The molecule has 0 radical (unpaired) electrons. The molecule has 0 aliphatic heterocycles. The third kappa shape index (κ3) is 16.9. The second-order valence-corrected chi connectivity index (χ2v) is 5.65. The van der Waals surface area contributed by atoms with Crippen LogP contribution in [0.15, 0.2) is 0 Å². The lowest BCUT2D eigenvalue weighted by molar-refractivity contribution is -0.144. The first-order chi connectivity index (χ1) is 10.2. The Bertz CT molecular complexity index is 264. The Hall–Kier alpha value is -1.06. The van der Waals surface area contributed by atoms with Gasteiger partial charge in [-0.05, 0) is 19.3 Å². The van der Waals surface area contributed by atoms with Gasteiger partial charge in [0.25, 0.3) is 0 Å². The molecular formula is C17H32O4. The molecule has 0 unspecified atom stereocenters. The molecule has 0 amide bonds. The second kappa shape index (κ2) is 15.3. The first-order valence-electron chi connectivity index (χ1n) is 8.54. The molecule has 0 aliphatic carbocycles. The Balaban J connectivity index is 3.16. The third-order valence-corrected chi connectivity index (χ3v) is 3.53. The zero-order valence-corrected chi connectivity index (χ0v) is 13.6. The largest absolute Gasteiger partial charge is 0.481 e. The molecule has 0 heterocycles. The highest BCUT2D eigenvalue weighted by Crippen LogP contribution is 2.08. The molecule has 1 N–H and O–H groups in total. The van der Waals surface area contributed by atoms with E-state index in [9.17, 15) is 9.59 Å². The van der Waals surface area contributed by atoms with Crippen molar-refractivity contribution in [3.63, 3.8) is 0 Å². The second-order valence-electron chi connectivity index (χ2n) is 5.65. The maximum Gasteiger partial charge on any atom is 0.305 e. The maximum atomic E-state index is 11.4. The standard InChI is InChI=1S/C17H32O4/c1-2-3-4-7-11-14-17(20)21-15-12-9-6-5-8-10-13-16(18)19/h2-15H2,1H3,(H,18,19). The molecule has 0 aromatic rings. The lowest BCUT2D eigenvalue weighted by Crippen LogP contribution is -2.05. The fourth-order valence-electron chi connectivity index (χ4n) is 2.22. The zero-order valence-electron chi connectivity index (χ0n) is 13.6. The van der Waals surface area contributed by atoms with E-state index < -0.39 is 5.97 Å². The van der Waals surface area contributed by atoms with Crippen molar-refractivity contribution in [3.05, 3.63) is 0 Å². The normalized spacial score (nSPS) is 10.5. The summed E-state index contributed by atoms with van der Waals surface area (Å²) in [7, 11) is 0. The van der Waals surface area contributed by atoms with Crippen LogP contribution in [-0.2, 0) is 14.3 Å². The van der Waals surface area contributed by atoms with Crippen molar-refractivity contribution in [3.8, 4) is 0 Å². The minimum Gasteiger partial charge on any atom is -0.481 e. The molecule has 0 atom stereocenters. The molecule has 0 spiro atoms. The van der Waals surface area contributed by atoms with E-state index in [4.69, 9.17) is 9.84 Å². The lowest BCUT2D eigenvalue weighted by atomic mass is 10.1. The Morgan fingerprint density at radius 3 is 1.90 bits per heavy atom. The van der Waals surface area contributed by atoms with Crippen LogP contribution in [0.1, 0.15) is 90.4 Å². The highest BCUT2D eigenvalue weighted by Gasteiger charge is 2.02. The van der Waals surface area contributed by atoms with E-state index >= 15 is 0 Å². The van der Waals surface area contributed by atoms with E-state index in [0.717, 1.165) is 51.4 Å². The average Bonchev–Trinajstić information content (AvgIpc) is 2.45. The smallest absolute Gasteiger partial charge is 0.305 e. The van der Waals surface area contributed by atoms with Crippen molar-refractivity contribution in [2.24, 2.45) is 0 Å². The maximum absolute atomic E-state index is 11.4. The van der Waals surface area contributed by atoms with Crippen molar-refractivity contribution in [2.45, 2.75) is 90.4 Å². The first kappa shape index (κ1) is 19.9. The van der Waals surface area contributed by atoms with Crippen LogP contribution in [0.25, 0.3) is 0 Å². The van der Waals surface area contributed by atoms with E-state index in [1.165, 1.54) is 19.3 Å². The fourth-order valence-corrected chi connectivity index (χ4v) is 2.22. The van der Waals surface area contributed by atoms with E-state index in [-0.39, 0.29) is 12.4 Å². The van der Waals surface area contributed by atoms with Gasteiger partial charge in [0.05, 0.1) is 6.61 Å². The number of esters is 1. The minimum absolute atomic E-state index is 0.0621. The Kier molecular flexibility index (Phi) is 14.6. The number of unbranched alkanes of at least 4 members (excludes halogenated alkanes) is 9. The zero-order chi connectivity index (χ0) is 15.8. The van der Waals surface area contributed by atoms with Crippen molar-refractivity contribution in [1.29, 1.82) is 0 Å². The third-order valence-electron chi connectivity index (χ3n) is 3.53. The number of hydrogen-bond acceptors (Lipinski definition) is 3. The summed E-state index contributed by atoms with van der Waals surface area (Å²) in [6.45, 7) is 2.71. The van der Waals surface area contributed by atoms with Crippen molar-refractivity contribution in [2.75, 3.05) is 6.61 Å².